The average Bonchev–Trinajstić information content (AvgIpc) is 2.86. The van der Waals surface area contributed by atoms with Gasteiger partial charge in [0.1, 0.15) is 17.1 Å². The van der Waals surface area contributed by atoms with Crippen LogP contribution in [-0.4, -0.2) is 31.6 Å². The van der Waals surface area contributed by atoms with Crippen molar-refractivity contribution in [3.05, 3.63) is 40.3 Å². The van der Waals surface area contributed by atoms with Crippen LogP contribution in [0.2, 0.25) is 5.15 Å². The summed E-state index contributed by atoms with van der Waals surface area (Å²) in [5.74, 6) is 1.48. The van der Waals surface area contributed by atoms with Crippen LogP contribution < -0.4 is 4.74 Å². The summed E-state index contributed by atoms with van der Waals surface area (Å²) in [6.45, 7) is 6.33. The van der Waals surface area contributed by atoms with E-state index in [4.69, 9.17) is 16.3 Å². The number of aromatic nitrogens is 5. The van der Waals surface area contributed by atoms with Gasteiger partial charge in [0.2, 0.25) is 0 Å². The van der Waals surface area contributed by atoms with Gasteiger partial charge < -0.3 is 9.30 Å². The maximum absolute atomic E-state index is 6.12. The molecule has 0 radical (unpaired) electrons. The van der Waals surface area contributed by atoms with Crippen molar-refractivity contribution in [1.29, 1.82) is 0 Å². The first-order valence-electron chi connectivity index (χ1n) is 6.85. The van der Waals surface area contributed by atoms with Gasteiger partial charge in [-0.15, -0.1) is 0 Å². The number of nitrogens with zero attached hydrogens (tertiary/aromatic N) is 5. The Kier molecular flexibility index (Phi) is 3.70. The number of halogens is 1. The molecule has 0 atom stereocenters. The van der Waals surface area contributed by atoms with E-state index >= 15 is 0 Å². The molecule has 3 aromatic heterocycles. The van der Waals surface area contributed by atoms with Crippen LogP contribution >= 0.6 is 11.6 Å². The summed E-state index contributed by atoms with van der Waals surface area (Å²) in [7, 11) is 1.67. The van der Waals surface area contributed by atoms with Crippen molar-refractivity contribution in [3.8, 4) is 5.75 Å². The van der Waals surface area contributed by atoms with Gasteiger partial charge in [-0.2, -0.15) is 0 Å². The summed E-state index contributed by atoms with van der Waals surface area (Å²) in [5, 5.41) is 0.368. The third-order valence-corrected chi connectivity index (χ3v) is 3.87. The van der Waals surface area contributed by atoms with E-state index in [1.165, 1.54) is 0 Å². The number of rotatable bonds is 3. The van der Waals surface area contributed by atoms with Gasteiger partial charge in [0.05, 0.1) is 25.7 Å². The van der Waals surface area contributed by atoms with Crippen molar-refractivity contribution in [3.63, 3.8) is 0 Å². The molecule has 0 aliphatic rings. The summed E-state index contributed by atoms with van der Waals surface area (Å²) >= 11 is 6.12. The number of pyridine rings is 1. The molecule has 0 aromatic carbocycles. The van der Waals surface area contributed by atoms with E-state index in [0.29, 0.717) is 28.7 Å². The first-order valence-corrected chi connectivity index (χ1v) is 7.23. The van der Waals surface area contributed by atoms with Crippen molar-refractivity contribution in [1.82, 2.24) is 24.5 Å². The van der Waals surface area contributed by atoms with Crippen molar-refractivity contribution < 1.29 is 4.74 Å². The Balaban J connectivity index is 2.08. The van der Waals surface area contributed by atoms with Crippen LogP contribution in [0.15, 0.2) is 12.5 Å². The van der Waals surface area contributed by atoms with E-state index in [9.17, 15) is 0 Å². The van der Waals surface area contributed by atoms with Gasteiger partial charge in [0.15, 0.2) is 10.8 Å². The van der Waals surface area contributed by atoms with Crippen molar-refractivity contribution in [2.45, 2.75) is 27.3 Å². The normalized spacial score (nSPS) is 11.1. The molecular formula is C15H16ClN5O. The zero-order valence-electron chi connectivity index (χ0n) is 12.9. The molecule has 0 spiro atoms. The monoisotopic (exact) mass is 317 g/mol. The van der Waals surface area contributed by atoms with E-state index in [1.807, 2.05) is 24.6 Å². The fraction of sp³-hybridized carbons (Fsp3) is 0.333. The topological polar surface area (TPSA) is 65.7 Å². The molecule has 0 N–H and O–H groups in total. The molecule has 0 fully saturated rings. The number of ether oxygens (including phenoxy) is 1. The van der Waals surface area contributed by atoms with Gasteiger partial charge in [-0.25, -0.2) is 15.0 Å². The van der Waals surface area contributed by atoms with E-state index in [1.54, 1.807) is 20.4 Å². The highest BCUT2D eigenvalue weighted by Crippen LogP contribution is 2.25. The summed E-state index contributed by atoms with van der Waals surface area (Å²) in [5.41, 5.74) is 4.25. The van der Waals surface area contributed by atoms with E-state index in [0.717, 1.165) is 22.6 Å². The molecule has 0 unspecified atom stereocenters. The maximum Gasteiger partial charge on any atom is 0.165 e. The lowest BCUT2D eigenvalue weighted by Crippen LogP contribution is -2.06. The molecule has 0 aliphatic heterocycles. The largest absolute Gasteiger partial charge is 0.496 e. The van der Waals surface area contributed by atoms with Crippen LogP contribution in [0.4, 0.5) is 0 Å². The minimum Gasteiger partial charge on any atom is -0.496 e. The molecule has 0 aliphatic carbocycles. The van der Waals surface area contributed by atoms with Crippen LogP contribution in [0.1, 0.15) is 22.6 Å². The molecule has 0 bridgehead atoms. The number of fused-ring (bicyclic) bond motifs is 1. The molecule has 0 saturated heterocycles. The molecule has 3 rings (SSSR count). The number of methoxy groups -OCH3 is 1. The summed E-state index contributed by atoms with van der Waals surface area (Å²) in [4.78, 5) is 17.4. The zero-order valence-corrected chi connectivity index (χ0v) is 13.6. The van der Waals surface area contributed by atoms with Crippen molar-refractivity contribution in [2.24, 2.45) is 0 Å². The maximum atomic E-state index is 6.12. The van der Waals surface area contributed by atoms with Gasteiger partial charge in [-0.3, -0.25) is 4.98 Å². The summed E-state index contributed by atoms with van der Waals surface area (Å²) in [6.07, 6.45) is 3.52. The molecular weight excluding hydrogens is 302 g/mol. The summed E-state index contributed by atoms with van der Waals surface area (Å²) in [6, 6.07) is 0. The molecule has 22 heavy (non-hydrogen) atoms. The van der Waals surface area contributed by atoms with E-state index in [2.05, 4.69) is 19.9 Å². The minimum atomic E-state index is 0.368. The van der Waals surface area contributed by atoms with Gasteiger partial charge in [0, 0.05) is 17.3 Å². The van der Waals surface area contributed by atoms with Crippen LogP contribution in [-0.2, 0) is 6.54 Å². The lowest BCUT2D eigenvalue weighted by atomic mass is 10.1. The Bertz CT molecular complexity index is 859. The number of hydrogen-bond donors (Lipinski definition) is 0. The molecule has 7 heteroatoms. The van der Waals surface area contributed by atoms with Crippen LogP contribution in [0, 0.1) is 20.8 Å². The number of aryl methyl sites for hydroxylation is 2. The number of hydrogen-bond acceptors (Lipinski definition) is 5. The van der Waals surface area contributed by atoms with E-state index in [-0.39, 0.29) is 0 Å². The molecule has 3 heterocycles. The second-order valence-electron chi connectivity index (χ2n) is 5.15. The molecule has 0 saturated carbocycles. The second-order valence-corrected chi connectivity index (χ2v) is 5.51. The zero-order chi connectivity index (χ0) is 15.9. The first-order chi connectivity index (χ1) is 10.5. The van der Waals surface area contributed by atoms with Gasteiger partial charge in [-0.05, 0) is 20.8 Å². The Morgan fingerprint density at radius 2 is 1.95 bits per heavy atom. The van der Waals surface area contributed by atoms with Crippen LogP contribution in [0.25, 0.3) is 11.2 Å². The van der Waals surface area contributed by atoms with Crippen molar-refractivity contribution in [2.75, 3.05) is 7.11 Å². The molecule has 114 valence electrons. The lowest BCUT2D eigenvalue weighted by Gasteiger charge is -2.12. The SMILES string of the molecule is COc1c(C)cnc(Cn2cnc3c(Cl)nc(C)nc32)c1C. The highest BCUT2D eigenvalue weighted by atomic mass is 35.5. The van der Waals surface area contributed by atoms with Gasteiger partial charge >= 0.3 is 0 Å². The number of imidazole rings is 1. The third-order valence-electron chi connectivity index (χ3n) is 3.60. The second kappa shape index (κ2) is 5.53. The Morgan fingerprint density at radius 1 is 1.18 bits per heavy atom. The highest BCUT2D eigenvalue weighted by Gasteiger charge is 2.14. The first kappa shape index (κ1) is 14.7. The Labute approximate surface area is 133 Å². The minimum absolute atomic E-state index is 0.368. The Morgan fingerprint density at radius 3 is 2.68 bits per heavy atom. The molecule has 3 aromatic rings. The molecule has 0 amide bonds. The predicted octanol–water partition coefficient (Wildman–Crippen LogP) is 2.86. The molecule has 6 nitrogen and oxygen atoms in total. The average molecular weight is 318 g/mol. The van der Waals surface area contributed by atoms with Crippen LogP contribution in [0.3, 0.4) is 0 Å². The van der Waals surface area contributed by atoms with Gasteiger partial charge in [0.25, 0.3) is 0 Å². The lowest BCUT2D eigenvalue weighted by molar-refractivity contribution is 0.406. The van der Waals surface area contributed by atoms with Crippen LogP contribution in [0.5, 0.6) is 5.75 Å². The fourth-order valence-corrected chi connectivity index (χ4v) is 2.78. The Hall–Kier alpha value is -2.21. The third kappa shape index (κ3) is 2.39. The van der Waals surface area contributed by atoms with Crippen molar-refractivity contribution >= 4 is 22.8 Å². The quantitative estimate of drug-likeness (QED) is 0.695. The van der Waals surface area contributed by atoms with E-state index < -0.39 is 0 Å². The predicted molar refractivity (Wildman–Crippen MR) is 84.4 cm³/mol. The van der Waals surface area contributed by atoms with Gasteiger partial charge in [-0.1, -0.05) is 11.6 Å². The standard InChI is InChI=1S/C15H16ClN5O/c1-8-5-17-11(9(2)13(8)22-4)6-21-7-18-12-14(16)19-10(3)20-15(12)21/h5,7H,6H2,1-4H3. The highest BCUT2D eigenvalue weighted by molar-refractivity contribution is 6.33. The fourth-order valence-electron chi connectivity index (χ4n) is 2.52. The summed E-state index contributed by atoms with van der Waals surface area (Å²) < 4.78 is 7.37. The smallest absolute Gasteiger partial charge is 0.165 e.